The van der Waals surface area contributed by atoms with Crippen molar-refractivity contribution in [2.24, 2.45) is 29.6 Å². The minimum absolute atomic E-state index is 0.371. The zero-order valence-corrected chi connectivity index (χ0v) is 19.4. The van der Waals surface area contributed by atoms with Crippen molar-refractivity contribution < 1.29 is 22.3 Å². The van der Waals surface area contributed by atoms with Crippen LogP contribution in [0.5, 0.6) is 5.75 Å². The molecule has 3 aliphatic carbocycles. The molecule has 0 spiro atoms. The Bertz CT molecular complexity index is 765. The Morgan fingerprint density at radius 1 is 0.906 bits per heavy atom. The highest BCUT2D eigenvalue weighted by atomic mass is 19.3. The molecule has 5 unspecified atom stereocenters. The lowest BCUT2D eigenvalue weighted by atomic mass is 9.61. The molecule has 4 rings (SSSR count). The molecular weight excluding hydrogens is 416 g/mol. The molecule has 0 saturated heterocycles. The van der Waals surface area contributed by atoms with E-state index in [1.54, 1.807) is 0 Å². The average Bonchev–Trinajstić information content (AvgIpc) is 2.78. The normalized spacial score (nSPS) is 30.1. The summed E-state index contributed by atoms with van der Waals surface area (Å²) in [6, 6.07) is 1.23. The Morgan fingerprint density at radius 3 is 2.38 bits per heavy atom. The Kier molecular flexibility index (Phi) is 8.04. The molecule has 1 aromatic rings. The summed E-state index contributed by atoms with van der Waals surface area (Å²) in [6.07, 6.45) is 16.7. The number of fused-ring (bicyclic) bond motifs is 2. The summed E-state index contributed by atoms with van der Waals surface area (Å²) in [5, 5.41) is 0. The Labute approximate surface area is 190 Å². The van der Waals surface area contributed by atoms with Gasteiger partial charge in [-0.15, -0.1) is 0 Å². The standard InChI is InChI=1S/C27H38F4O/c1-2-3-4-5-6-17-7-8-19-14-20(10-9-18(19)13-17)21-11-12-23-22(15-21)16-24(28)26(25(23)29)32-27(30)31/h16-21,27H,2-15H2,1H3. The highest BCUT2D eigenvalue weighted by Crippen LogP contribution is 2.49. The van der Waals surface area contributed by atoms with Crippen molar-refractivity contribution in [2.45, 2.75) is 103 Å². The number of benzene rings is 1. The summed E-state index contributed by atoms with van der Waals surface area (Å²) in [5.74, 6) is 0.798. The number of unbranched alkanes of at least 4 members (excludes halogenated alkanes) is 3. The molecule has 0 radical (unpaired) electrons. The summed E-state index contributed by atoms with van der Waals surface area (Å²) in [4.78, 5) is 0. The van der Waals surface area contributed by atoms with Crippen molar-refractivity contribution in [3.05, 3.63) is 28.8 Å². The van der Waals surface area contributed by atoms with Crippen LogP contribution in [0.4, 0.5) is 17.6 Å². The molecule has 32 heavy (non-hydrogen) atoms. The highest BCUT2D eigenvalue weighted by Gasteiger charge is 2.39. The number of hydrogen-bond donors (Lipinski definition) is 0. The van der Waals surface area contributed by atoms with E-state index in [-0.39, 0.29) is 0 Å². The Hall–Kier alpha value is -1.26. The molecule has 5 heteroatoms. The first-order valence-electron chi connectivity index (χ1n) is 12.9. The lowest BCUT2D eigenvalue weighted by molar-refractivity contribution is -0.0548. The van der Waals surface area contributed by atoms with E-state index in [4.69, 9.17) is 0 Å². The lowest BCUT2D eigenvalue weighted by Gasteiger charge is -2.45. The number of alkyl halides is 2. The molecular formula is C27H38F4O. The largest absolute Gasteiger partial charge is 0.429 e. The Morgan fingerprint density at radius 2 is 1.62 bits per heavy atom. The quantitative estimate of drug-likeness (QED) is 0.283. The van der Waals surface area contributed by atoms with Gasteiger partial charge in [-0.05, 0) is 98.1 Å². The smallest absolute Gasteiger partial charge is 0.387 e. The molecule has 0 heterocycles. The molecule has 1 aromatic carbocycles. The van der Waals surface area contributed by atoms with Crippen LogP contribution in [0.15, 0.2) is 6.07 Å². The number of rotatable bonds is 8. The molecule has 0 bridgehead atoms. The van der Waals surface area contributed by atoms with Crippen molar-refractivity contribution >= 4 is 0 Å². The van der Waals surface area contributed by atoms with Gasteiger partial charge < -0.3 is 4.74 Å². The zero-order chi connectivity index (χ0) is 22.7. The van der Waals surface area contributed by atoms with E-state index in [9.17, 15) is 17.6 Å². The summed E-state index contributed by atoms with van der Waals surface area (Å²) in [7, 11) is 0. The Balaban J connectivity index is 1.33. The maximum absolute atomic E-state index is 14.6. The SMILES string of the molecule is CCCCCCC1CCC2CC(C3CCc4c(cc(F)c(OC(F)F)c4F)C3)CCC2C1. The first kappa shape index (κ1) is 23.9. The van der Waals surface area contributed by atoms with Crippen LogP contribution in [0.25, 0.3) is 0 Å². The van der Waals surface area contributed by atoms with Gasteiger partial charge in [-0.25, -0.2) is 8.78 Å². The second-order valence-electron chi connectivity index (χ2n) is 10.6. The van der Waals surface area contributed by atoms with Crippen LogP contribution in [-0.4, -0.2) is 6.61 Å². The third-order valence-electron chi connectivity index (χ3n) is 8.72. The number of ether oxygens (including phenoxy) is 1. The van der Waals surface area contributed by atoms with E-state index >= 15 is 0 Å². The van der Waals surface area contributed by atoms with Crippen molar-refractivity contribution in [3.63, 3.8) is 0 Å². The van der Waals surface area contributed by atoms with Gasteiger partial charge in [-0.3, -0.25) is 0 Å². The second kappa shape index (κ2) is 10.8. The summed E-state index contributed by atoms with van der Waals surface area (Å²) < 4.78 is 58.0. The van der Waals surface area contributed by atoms with Gasteiger partial charge in [0.1, 0.15) is 0 Å². The van der Waals surface area contributed by atoms with E-state index in [2.05, 4.69) is 11.7 Å². The topological polar surface area (TPSA) is 9.23 Å². The van der Waals surface area contributed by atoms with Gasteiger partial charge in [-0.1, -0.05) is 45.4 Å². The van der Waals surface area contributed by atoms with Gasteiger partial charge in [0.25, 0.3) is 0 Å². The van der Waals surface area contributed by atoms with Crippen LogP contribution in [0, 0.1) is 41.2 Å². The third kappa shape index (κ3) is 5.44. The summed E-state index contributed by atoms with van der Waals surface area (Å²) in [6.45, 7) is -0.962. The molecule has 0 amide bonds. The fourth-order valence-corrected chi connectivity index (χ4v) is 7.03. The van der Waals surface area contributed by atoms with E-state index in [0.717, 1.165) is 24.2 Å². The molecule has 1 nitrogen and oxygen atoms in total. The van der Waals surface area contributed by atoms with Crippen LogP contribution < -0.4 is 4.74 Å². The fraction of sp³-hybridized carbons (Fsp3) is 0.778. The van der Waals surface area contributed by atoms with Gasteiger partial charge in [0.2, 0.25) is 0 Å². The van der Waals surface area contributed by atoms with Crippen molar-refractivity contribution in [1.29, 1.82) is 0 Å². The van der Waals surface area contributed by atoms with Crippen molar-refractivity contribution in [1.82, 2.24) is 0 Å². The average molecular weight is 455 g/mol. The van der Waals surface area contributed by atoms with E-state index in [1.165, 1.54) is 76.7 Å². The fourth-order valence-electron chi connectivity index (χ4n) is 7.03. The van der Waals surface area contributed by atoms with Crippen LogP contribution in [0.2, 0.25) is 0 Å². The van der Waals surface area contributed by atoms with E-state index in [0.29, 0.717) is 35.8 Å². The van der Waals surface area contributed by atoms with Crippen molar-refractivity contribution in [2.75, 3.05) is 0 Å². The maximum Gasteiger partial charge on any atom is 0.387 e. The second-order valence-corrected chi connectivity index (χ2v) is 10.6. The first-order chi connectivity index (χ1) is 15.5. The molecule has 180 valence electrons. The summed E-state index contributed by atoms with van der Waals surface area (Å²) >= 11 is 0. The predicted molar refractivity (Wildman–Crippen MR) is 119 cm³/mol. The van der Waals surface area contributed by atoms with Crippen LogP contribution in [0.1, 0.15) is 95.1 Å². The minimum Gasteiger partial charge on any atom is -0.429 e. The maximum atomic E-state index is 14.6. The molecule has 3 aliphatic rings. The van der Waals surface area contributed by atoms with Gasteiger partial charge in [0, 0.05) is 0 Å². The molecule has 2 saturated carbocycles. The van der Waals surface area contributed by atoms with Gasteiger partial charge >= 0.3 is 6.61 Å². The molecule has 5 atom stereocenters. The highest BCUT2D eigenvalue weighted by molar-refractivity contribution is 5.40. The van der Waals surface area contributed by atoms with Gasteiger partial charge in [0.15, 0.2) is 17.4 Å². The molecule has 2 fully saturated rings. The van der Waals surface area contributed by atoms with Crippen molar-refractivity contribution in [3.8, 4) is 5.75 Å². The molecule has 0 aromatic heterocycles. The van der Waals surface area contributed by atoms with Gasteiger partial charge in [0.05, 0.1) is 0 Å². The van der Waals surface area contributed by atoms with Crippen LogP contribution >= 0.6 is 0 Å². The lowest BCUT2D eigenvalue weighted by Crippen LogP contribution is -2.35. The molecule has 0 aliphatic heterocycles. The third-order valence-corrected chi connectivity index (χ3v) is 8.72. The monoisotopic (exact) mass is 454 g/mol. The summed E-state index contributed by atoms with van der Waals surface area (Å²) in [5.41, 5.74) is 1.02. The van der Waals surface area contributed by atoms with Crippen LogP contribution in [-0.2, 0) is 12.8 Å². The molecule has 0 N–H and O–H groups in total. The minimum atomic E-state index is -3.23. The predicted octanol–water partition coefficient (Wildman–Crippen LogP) is 8.47. The zero-order valence-electron chi connectivity index (χ0n) is 19.4. The van der Waals surface area contributed by atoms with Gasteiger partial charge in [-0.2, -0.15) is 8.78 Å². The number of hydrogen-bond acceptors (Lipinski definition) is 1. The van der Waals surface area contributed by atoms with E-state index < -0.39 is 24.0 Å². The first-order valence-corrected chi connectivity index (χ1v) is 12.9. The number of halogens is 4. The van der Waals surface area contributed by atoms with E-state index in [1.807, 2.05) is 0 Å². The van der Waals surface area contributed by atoms with Crippen LogP contribution in [0.3, 0.4) is 0 Å².